The maximum absolute atomic E-state index is 4.75. The summed E-state index contributed by atoms with van der Waals surface area (Å²) in [5.74, 6) is 2.17. The van der Waals surface area contributed by atoms with Crippen LogP contribution < -0.4 is 10.2 Å². The first-order valence-corrected chi connectivity index (χ1v) is 8.57. The fourth-order valence-corrected chi connectivity index (χ4v) is 2.61. The Kier molecular flexibility index (Phi) is 6.34. The molecule has 0 aliphatic carbocycles. The van der Waals surface area contributed by atoms with Gasteiger partial charge in [0.1, 0.15) is 5.82 Å². The molecule has 1 unspecified atom stereocenters. The number of thioether (sulfide) groups is 1. The van der Waals surface area contributed by atoms with Gasteiger partial charge in [-0.05, 0) is 52.5 Å². The minimum Gasteiger partial charge on any atom is -0.356 e. The minimum atomic E-state index is 0.134. The molecule has 0 radical (unpaired) electrons. The van der Waals surface area contributed by atoms with Crippen LogP contribution in [0.25, 0.3) is 0 Å². The van der Waals surface area contributed by atoms with Crippen molar-refractivity contribution in [2.45, 2.75) is 52.7 Å². The minimum absolute atomic E-state index is 0.134. The lowest BCUT2D eigenvalue weighted by molar-refractivity contribution is 0.423. The van der Waals surface area contributed by atoms with E-state index in [1.54, 1.807) is 0 Å². The van der Waals surface area contributed by atoms with E-state index >= 15 is 0 Å². The summed E-state index contributed by atoms with van der Waals surface area (Å²) in [6, 6.07) is 4.82. The molecular weight excluding hydrogens is 266 g/mol. The van der Waals surface area contributed by atoms with E-state index in [1.807, 2.05) is 11.8 Å². The van der Waals surface area contributed by atoms with Gasteiger partial charge in [-0.25, -0.2) is 4.98 Å². The van der Waals surface area contributed by atoms with Crippen LogP contribution >= 0.6 is 11.8 Å². The lowest BCUT2D eigenvalue weighted by atomic mass is 10.1. The zero-order valence-corrected chi connectivity index (χ0v) is 14.8. The van der Waals surface area contributed by atoms with Crippen molar-refractivity contribution >= 4 is 17.6 Å². The van der Waals surface area contributed by atoms with E-state index in [9.17, 15) is 0 Å². The molecule has 1 atom stereocenters. The lowest BCUT2D eigenvalue weighted by Crippen LogP contribution is -2.35. The van der Waals surface area contributed by atoms with Crippen molar-refractivity contribution in [2.75, 3.05) is 24.0 Å². The van der Waals surface area contributed by atoms with Crippen molar-refractivity contribution in [2.24, 2.45) is 0 Å². The lowest BCUT2D eigenvalue weighted by Gasteiger charge is -2.26. The number of aromatic nitrogens is 1. The number of rotatable bonds is 6. The number of anilines is 1. The monoisotopic (exact) mass is 295 g/mol. The van der Waals surface area contributed by atoms with Gasteiger partial charge in [0.2, 0.25) is 0 Å². The maximum atomic E-state index is 4.75. The number of nitrogens with one attached hydrogen (secondary N) is 1. The smallest absolute Gasteiger partial charge is 0.128 e. The average molecular weight is 295 g/mol. The summed E-state index contributed by atoms with van der Waals surface area (Å²) in [5, 5.41) is 3.51. The summed E-state index contributed by atoms with van der Waals surface area (Å²) in [7, 11) is 2.12. The standard InChI is InChI=1S/C16H29N3S/c1-12(11-20-7)19(6)15-9-8-14(13(2)18-15)10-17-16(3,4)5/h8-9,12,17H,10-11H2,1-7H3. The van der Waals surface area contributed by atoms with E-state index < -0.39 is 0 Å². The molecule has 0 fully saturated rings. The van der Waals surface area contributed by atoms with Crippen LogP contribution in [0.4, 0.5) is 5.82 Å². The SMILES string of the molecule is CSCC(C)N(C)c1ccc(CNC(C)(C)C)c(C)n1. The molecule has 0 spiro atoms. The molecule has 1 N–H and O–H groups in total. The second-order valence-electron chi connectivity index (χ2n) is 6.43. The molecular formula is C16H29N3S. The van der Waals surface area contributed by atoms with Crippen LogP contribution in [0.5, 0.6) is 0 Å². The Hall–Kier alpha value is -0.740. The number of hydrogen-bond donors (Lipinski definition) is 1. The average Bonchev–Trinajstić information content (AvgIpc) is 2.35. The van der Waals surface area contributed by atoms with E-state index in [0.717, 1.165) is 23.8 Å². The second-order valence-corrected chi connectivity index (χ2v) is 7.34. The van der Waals surface area contributed by atoms with Crippen LogP contribution in [0.1, 0.15) is 39.0 Å². The van der Waals surface area contributed by atoms with Crippen molar-refractivity contribution in [1.82, 2.24) is 10.3 Å². The number of aryl methyl sites for hydroxylation is 1. The van der Waals surface area contributed by atoms with Gasteiger partial charge in [0.15, 0.2) is 0 Å². The van der Waals surface area contributed by atoms with Gasteiger partial charge in [-0.1, -0.05) is 6.07 Å². The highest BCUT2D eigenvalue weighted by molar-refractivity contribution is 7.98. The first-order chi connectivity index (χ1) is 9.24. The van der Waals surface area contributed by atoms with Crippen molar-refractivity contribution in [3.8, 4) is 0 Å². The molecule has 1 aromatic rings. The first kappa shape index (κ1) is 17.3. The van der Waals surface area contributed by atoms with Crippen LogP contribution in [0.15, 0.2) is 12.1 Å². The first-order valence-electron chi connectivity index (χ1n) is 7.18. The summed E-state index contributed by atoms with van der Waals surface area (Å²) in [4.78, 5) is 7.01. The third kappa shape index (κ3) is 5.33. The Morgan fingerprint density at radius 1 is 1.35 bits per heavy atom. The molecule has 3 nitrogen and oxygen atoms in total. The third-order valence-electron chi connectivity index (χ3n) is 3.42. The zero-order valence-electron chi connectivity index (χ0n) is 13.9. The summed E-state index contributed by atoms with van der Waals surface area (Å²) < 4.78 is 0. The topological polar surface area (TPSA) is 28.2 Å². The van der Waals surface area contributed by atoms with Gasteiger partial charge in [0, 0.05) is 36.6 Å². The van der Waals surface area contributed by atoms with Crippen LogP contribution in [0, 0.1) is 6.92 Å². The van der Waals surface area contributed by atoms with Gasteiger partial charge in [-0.2, -0.15) is 11.8 Å². The van der Waals surface area contributed by atoms with Crippen molar-refractivity contribution in [3.63, 3.8) is 0 Å². The van der Waals surface area contributed by atoms with E-state index in [4.69, 9.17) is 4.98 Å². The third-order valence-corrected chi connectivity index (χ3v) is 4.24. The quantitative estimate of drug-likeness (QED) is 0.870. The Labute approximate surface area is 128 Å². The highest BCUT2D eigenvalue weighted by atomic mass is 32.2. The molecule has 114 valence electrons. The summed E-state index contributed by atoms with van der Waals surface area (Å²) in [5.41, 5.74) is 2.52. The molecule has 20 heavy (non-hydrogen) atoms. The van der Waals surface area contributed by atoms with E-state index in [-0.39, 0.29) is 5.54 Å². The molecule has 0 bridgehead atoms. The normalized spacial score (nSPS) is 13.3. The van der Waals surface area contributed by atoms with Crippen molar-refractivity contribution in [3.05, 3.63) is 23.4 Å². The Morgan fingerprint density at radius 3 is 2.50 bits per heavy atom. The Balaban J connectivity index is 2.77. The maximum Gasteiger partial charge on any atom is 0.128 e. The van der Waals surface area contributed by atoms with E-state index in [1.165, 1.54) is 5.56 Å². The van der Waals surface area contributed by atoms with Crippen LogP contribution in [0.2, 0.25) is 0 Å². The predicted molar refractivity (Wildman–Crippen MR) is 91.8 cm³/mol. The Bertz CT molecular complexity index is 426. The number of pyridine rings is 1. The fourth-order valence-electron chi connectivity index (χ4n) is 1.90. The molecule has 0 aliphatic heterocycles. The van der Waals surface area contributed by atoms with Gasteiger partial charge >= 0.3 is 0 Å². The molecule has 1 aromatic heterocycles. The van der Waals surface area contributed by atoms with Crippen molar-refractivity contribution < 1.29 is 0 Å². The molecule has 0 amide bonds. The fraction of sp³-hybridized carbons (Fsp3) is 0.688. The molecule has 1 heterocycles. The van der Waals surface area contributed by atoms with Gasteiger partial charge in [-0.15, -0.1) is 0 Å². The van der Waals surface area contributed by atoms with Crippen molar-refractivity contribution in [1.29, 1.82) is 0 Å². The van der Waals surface area contributed by atoms with Crippen LogP contribution in [-0.4, -0.2) is 35.6 Å². The molecule has 0 aliphatic rings. The summed E-state index contributed by atoms with van der Waals surface area (Å²) >= 11 is 1.87. The number of nitrogens with zero attached hydrogens (tertiary/aromatic N) is 2. The molecule has 4 heteroatoms. The predicted octanol–water partition coefficient (Wildman–Crippen LogP) is 3.47. The van der Waals surface area contributed by atoms with Crippen LogP contribution in [-0.2, 0) is 6.54 Å². The number of hydrogen-bond acceptors (Lipinski definition) is 4. The molecule has 1 rings (SSSR count). The zero-order chi connectivity index (χ0) is 15.3. The molecule has 0 saturated carbocycles. The highest BCUT2D eigenvalue weighted by Gasteiger charge is 2.13. The molecule has 0 aromatic carbocycles. The molecule has 0 saturated heterocycles. The second kappa shape index (κ2) is 7.32. The van der Waals surface area contributed by atoms with Gasteiger partial charge in [0.05, 0.1) is 0 Å². The van der Waals surface area contributed by atoms with Gasteiger partial charge < -0.3 is 10.2 Å². The Morgan fingerprint density at radius 2 is 2.00 bits per heavy atom. The van der Waals surface area contributed by atoms with Gasteiger partial charge in [-0.3, -0.25) is 0 Å². The highest BCUT2D eigenvalue weighted by Crippen LogP contribution is 2.17. The van der Waals surface area contributed by atoms with E-state index in [0.29, 0.717) is 6.04 Å². The largest absolute Gasteiger partial charge is 0.356 e. The van der Waals surface area contributed by atoms with E-state index in [2.05, 4.69) is 70.3 Å². The van der Waals surface area contributed by atoms with Gasteiger partial charge in [0.25, 0.3) is 0 Å². The summed E-state index contributed by atoms with van der Waals surface area (Å²) in [6.45, 7) is 11.7. The van der Waals surface area contributed by atoms with Crippen LogP contribution in [0.3, 0.4) is 0 Å². The summed E-state index contributed by atoms with van der Waals surface area (Å²) in [6.07, 6.45) is 2.14.